The summed E-state index contributed by atoms with van der Waals surface area (Å²) in [5, 5.41) is 35.8. The molecule has 0 saturated carbocycles. The van der Waals surface area contributed by atoms with Crippen molar-refractivity contribution < 1.29 is 9.66 Å². The molecule has 1 aromatic heterocycles. The number of methoxy groups -OCH3 is 1. The largest absolute Gasteiger partial charge is 0.496 e. The molecule has 0 atom stereocenters. The first-order valence-electron chi connectivity index (χ1n) is 5.69. The lowest BCUT2D eigenvalue weighted by molar-refractivity contribution is -0.384. The molecule has 0 fully saturated rings. The molecule has 0 amide bonds. The number of nitrogens with zero attached hydrogens (tertiary/aromatic N) is 5. The number of nitrogens with one attached hydrogen (secondary N) is 2. The van der Waals surface area contributed by atoms with Gasteiger partial charge in [-0.15, -0.1) is 10.2 Å². The third-order valence-electron chi connectivity index (χ3n) is 2.54. The van der Waals surface area contributed by atoms with Crippen molar-refractivity contribution in [3.63, 3.8) is 0 Å². The summed E-state index contributed by atoms with van der Waals surface area (Å²) in [6.07, 6.45) is 1.25. The summed E-state index contributed by atoms with van der Waals surface area (Å²) in [7, 11) is 1.41. The van der Waals surface area contributed by atoms with E-state index in [0.29, 0.717) is 10.2 Å². The number of hydrogen-bond donors (Lipinski definition) is 2. The van der Waals surface area contributed by atoms with Crippen molar-refractivity contribution in [2.75, 3.05) is 12.4 Å². The van der Waals surface area contributed by atoms with Gasteiger partial charge in [0.15, 0.2) is 0 Å². The predicted octanol–water partition coefficient (Wildman–Crippen LogP) is 1.86. The molecule has 0 radical (unpaired) electrons. The van der Waals surface area contributed by atoms with Crippen LogP contribution in [0.25, 0.3) is 5.57 Å². The number of aromatic amines is 1. The lowest BCUT2D eigenvalue weighted by Crippen LogP contribution is -1.99. The van der Waals surface area contributed by atoms with Crippen LogP contribution < -0.4 is 10.1 Å². The average Bonchev–Trinajstić information content (AvgIpc) is 3.02. The third kappa shape index (κ3) is 3.18. The number of halogens is 1. The number of benzene rings is 1. The molecule has 0 aliphatic carbocycles. The molecule has 1 heterocycles. The summed E-state index contributed by atoms with van der Waals surface area (Å²) in [5.41, 5.74) is 0.0145. The molecule has 1 aromatic carbocycles. The van der Waals surface area contributed by atoms with Gasteiger partial charge in [0.1, 0.15) is 23.1 Å². The van der Waals surface area contributed by atoms with Crippen LogP contribution in [0.2, 0.25) is 0 Å². The van der Waals surface area contributed by atoms with Crippen LogP contribution in [0.4, 0.5) is 11.4 Å². The molecule has 112 valence electrons. The van der Waals surface area contributed by atoms with Gasteiger partial charge in [-0.3, -0.25) is 10.1 Å². The number of ether oxygens (including phenoxy) is 1. The number of nitriles is 1. The van der Waals surface area contributed by atoms with Crippen LogP contribution in [0.5, 0.6) is 5.75 Å². The Bertz CT molecular complexity index is 767. The maximum absolute atomic E-state index is 11.1. The van der Waals surface area contributed by atoms with Gasteiger partial charge in [0, 0.05) is 6.20 Å². The highest BCUT2D eigenvalue weighted by Crippen LogP contribution is 2.37. The number of anilines is 1. The monoisotopic (exact) mass is 365 g/mol. The van der Waals surface area contributed by atoms with Crippen LogP contribution in [0, 0.1) is 21.4 Å². The fourth-order valence-corrected chi connectivity index (χ4v) is 2.08. The van der Waals surface area contributed by atoms with Crippen molar-refractivity contribution in [1.82, 2.24) is 20.6 Å². The quantitative estimate of drug-likeness (QED) is 0.464. The molecule has 0 aliphatic rings. The molecular weight excluding hydrogens is 358 g/mol. The normalized spacial score (nSPS) is 10.9. The molecule has 11 heteroatoms. The minimum atomic E-state index is -0.566. The number of aromatic nitrogens is 4. The van der Waals surface area contributed by atoms with Crippen LogP contribution in [0.3, 0.4) is 0 Å². The molecule has 10 nitrogen and oxygen atoms in total. The lowest BCUT2D eigenvalue weighted by atomic mass is 10.2. The van der Waals surface area contributed by atoms with E-state index in [0.717, 1.165) is 0 Å². The number of H-pyrrole nitrogens is 1. The summed E-state index contributed by atoms with van der Waals surface area (Å²) in [4.78, 5) is 10.6. The zero-order valence-corrected chi connectivity index (χ0v) is 12.7. The fourth-order valence-electron chi connectivity index (χ4n) is 1.54. The van der Waals surface area contributed by atoms with Crippen molar-refractivity contribution in [2.45, 2.75) is 0 Å². The number of hydrogen-bond acceptors (Lipinski definition) is 8. The second kappa shape index (κ2) is 6.64. The number of nitro groups is 1. The van der Waals surface area contributed by atoms with Crippen molar-refractivity contribution in [1.29, 1.82) is 5.26 Å². The molecule has 0 unspecified atom stereocenters. The predicted molar refractivity (Wildman–Crippen MR) is 78.7 cm³/mol. The molecule has 0 bridgehead atoms. The summed E-state index contributed by atoms with van der Waals surface area (Å²) in [6, 6.07) is 4.69. The smallest absolute Gasteiger partial charge is 0.297 e. The Kier molecular flexibility index (Phi) is 4.64. The van der Waals surface area contributed by atoms with E-state index in [1.54, 1.807) is 6.07 Å². The Morgan fingerprint density at radius 1 is 1.64 bits per heavy atom. The summed E-state index contributed by atoms with van der Waals surface area (Å²) >= 11 is 3.22. The first-order valence-corrected chi connectivity index (χ1v) is 6.48. The van der Waals surface area contributed by atoms with E-state index in [2.05, 4.69) is 41.9 Å². The van der Waals surface area contributed by atoms with E-state index in [1.807, 2.05) is 6.07 Å². The highest BCUT2D eigenvalue weighted by atomic mass is 79.9. The molecule has 2 rings (SSSR count). The van der Waals surface area contributed by atoms with Gasteiger partial charge in [-0.05, 0) is 27.2 Å². The number of tetrazole rings is 1. The van der Waals surface area contributed by atoms with Gasteiger partial charge < -0.3 is 10.1 Å². The second-order valence-electron chi connectivity index (χ2n) is 3.81. The summed E-state index contributed by atoms with van der Waals surface area (Å²) in [5.74, 6) is 0.397. The zero-order chi connectivity index (χ0) is 16.1. The number of nitro benzene ring substituents is 1. The van der Waals surface area contributed by atoms with Crippen molar-refractivity contribution >= 4 is 32.9 Å². The minimum Gasteiger partial charge on any atom is -0.496 e. The average molecular weight is 366 g/mol. The molecule has 0 saturated heterocycles. The Labute approximate surface area is 132 Å². The Morgan fingerprint density at radius 3 is 2.95 bits per heavy atom. The number of rotatable bonds is 5. The molecular formula is C11H8BrN7O3. The van der Waals surface area contributed by atoms with Crippen molar-refractivity contribution in [3.05, 3.63) is 38.7 Å². The highest BCUT2D eigenvalue weighted by molar-refractivity contribution is 9.10. The maximum atomic E-state index is 11.1. The van der Waals surface area contributed by atoms with Gasteiger partial charge in [0.05, 0.1) is 22.6 Å². The van der Waals surface area contributed by atoms with Gasteiger partial charge in [-0.1, -0.05) is 0 Å². The third-order valence-corrected chi connectivity index (χ3v) is 3.17. The molecule has 0 aliphatic heterocycles. The van der Waals surface area contributed by atoms with Crippen LogP contribution >= 0.6 is 15.9 Å². The standard InChI is InChI=1S/C11H8BrN7O3/c1-22-7-2-8(12)10(9(3-7)19(20)21)14-5-6(4-13)11-15-17-18-16-11/h2-3,5,14H,1H3,(H,15,16,17,18). The fraction of sp³-hybridized carbons (Fsp3) is 0.0909. The van der Waals surface area contributed by atoms with Crippen LogP contribution in [-0.2, 0) is 0 Å². The van der Waals surface area contributed by atoms with E-state index in [9.17, 15) is 10.1 Å². The van der Waals surface area contributed by atoms with Crippen LogP contribution in [0.1, 0.15) is 5.82 Å². The lowest BCUT2D eigenvalue weighted by Gasteiger charge is -2.08. The Hall–Kier alpha value is -3.00. The van der Waals surface area contributed by atoms with Gasteiger partial charge in [-0.2, -0.15) is 10.5 Å². The van der Waals surface area contributed by atoms with Crippen LogP contribution in [0.15, 0.2) is 22.8 Å². The Balaban J connectivity index is 2.41. The van der Waals surface area contributed by atoms with Gasteiger partial charge in [-0.25, -0.2) is 0 Å². The van der Waals surface area contributed by atoms with Gasteiger partial charge >= 0.3 is 0 Å². The first kappa shape index (κ1) is 15.4. The topological polar surface area (TPSA) is 143 Å². The zero-order valence-electron chi connectivity index (χ0n) is 11.1. The van der Waals surface area contributed by atoms with Crippen LogP contribution in [-0.4, -0.2) is 32.7 Å². The van der Waals surface area contributed by atoms with Gasteiger partial charge in [0.2, 0.25) is 5.82 Å². The van der Waals surface area contributed by atoms with Crippen molar-refractivity contribution in [2.24, 2.45) is 0 Å². The molecule has 2 N–H and O–H groups in total. The maximum Gasteiger partial charge on any atom is 0.297 e. The van der Waals surface area contributed by atoms with E-state index < -0.39 is 4.92 Å². The Morgan fingerprint density at radius 2 is 2.41 bits per heavy atom. The summed E-state index contributed by atoms with van der Waals surface area (Å²) < 4.78 is 5.39. The summed E-state index contributed by atoms with van der Waals surface area (Å²) in [6.45, 7) is 0. The van der Waals surface area contributed by atoms with Crippen molar-refractivity contribution in [3.8, 4) is 11.8 Å². The van der Waals surface area contributed by atoms with E-state index in [1.165, 1.54) is 19.4 Å². The molecule has 22 heavy (non-hydrogen) atoms. The first-order chi connectivity index (χ1) is 10.6. The highest BCUT2D eigenvalue weighted by Gasteiger charge is 2.19. The minimum absolute atomic E-state index is 0.0609. The van der Waals surface area contributed by atoms with E-state index in [-0.39, 0.29) is 22.8 Å². The van der Waals surface area contributed by atoms with E-state index >= 15 is 0 Å². The van der Waals surface area contributed by atoms with E-state index in [4.69, 9.17) is 10.00 Å². The van der Waals surface area contributed by atoms with Gasteiger partial charge in [0.25, 0.3) is 5.69 Å². The molecule has 0 spiro atoms. The molecule has 2 aromatic rings. The SMILES string of the molecule is COc1cc(Br)c(NC=C(C#N)c2nn[nH]n2)c([N+](=O)[O-])c1. The second-order valence-corrected chi connectivity index (χ2v) is 4.66. The number of allylic oxidation sites excluding steroid dienone is 1.